The molecule has 0 radical (unpaired) electrons. The van der Waals surface area contributed by atoms with Crippen molar-refractivity contribution in [1.82, 2.24) is 0 Å². The molecule has 1 aromatic carbocycles. The molecule has 0 bridgehead atoms. The van der Waals surface area contributed by atoms with Gasteiger partial charge in [-0.05, 0) is 57.8 Å². The molecule has 0 amide bonds. The van der Waals surface area contributed by atoms with Crippen molar-refractivity contribution in [3.63, 3.8) is 0 Å². The largest absolute Gasteiger partial charge is 0.494 e. The van der Waals surface area contributed by atoms with Crippen molar-refractivity contribution >= 4 is 24.2 Å². The maximum Gasteiger partial charge on any atom is 0.494 e. The van der Waals surface area contributed by atoms with Gasteiger partial charge in [-0.1, -0.05) is 23.7 Å². The van der Waals surface area contributed by atoms with Crippen LogP contribution in [0.15, 0.2) is 18.2 Å². The highest BCUT2D eigenvalue weighted by atomic mass is 35.5. The Morgan fingerprint density at radius 1 is 1.16 bits per heavy atom. The molecule has 3 nitrogen and oxygen atoms in total. The lowest BCUT2D eigenvalue weighted by molar-refractivity contribution is 0.00578. The molecule has 0 aromatic heterocycles. The first kappa shape index (κ1) is 14.9. The van der Waals surface area contributed by atoms with E-state index in [1.807, 2.05) is 45.9 Å². The van der Waals surface area contributed by atoms with Crippen LogP contribution in [0, 0.1) is 0 Å². The van der Waals surface area contributed by atoms with E-state index in [4.69, 9.17) is 26.6 Å². The molecule has 5 heteroatoms. The lowest BCUT2D eigenvalue weighted by atomic mass is 9.78. The third-order valence-electron chi connectivity index (χ3n) is 4.01. The second-order valence-electron chi connectivity index (χ2n) is 5.98. The van der Waals surface area contributed by atoms with Crippen molar-refractivity contribution in [2.75, 3.05) is 6.54 Å². The summed E-state index contributed by atoms with van der Waals surface area (Å²) in [5.41, 5.74) is 6.97. The third-order valence-corrected chi connectivity index (χ3v) is 4.38. The molecule has 19 heavy (non-hydrogen) atoms. The minimum Gasteiger partial charge on any atom is -0.399 e. The van der Waals surface area contributed by atoms with Gasteiger partial charge in [0.05, 0.1) is 11.2 Å². The molecule has 1 saturated heterocycles. The minimum absolute atomic E-state index is 0.328. The van der Waals surface area contributed by atoms with Gasteiger partial charge in [-0.15, -0.1) is 0 Å². The molecule has 0 saturated carbocycles. The number of benzene rings is 1. The van der Waals surface area contributed by atoms with E-state index in [1.54, 1.807) is 0 Å². The number of rotatable bonds is 3. The molecule has 1 aliphatic heterocycles. The fourth-order valence-corrected chi connectivity index (χ4v) is 2.28. The summed E-state index contributed by atoms with van der Waals surface area (Å²) in [6, 6.07) is 5.86. The molecule has 0 spiro atoms. The molecule has 1 aromatic rings. The van der Waals surface area contributed by atoms with Crippen molar-refractivity contribution in [2.45, 2.75) is 45.3 Å². The van der Waals surface area contributed by atoms with E-state index in [0.29, 0.717) is 6.54 Å². The average molecular weight is 282 g/mol. The summed E-state index contributed by atoms with van der Waals surface area (Å²) in [4.78, 5) is 0. The quantitative estimate of drug-likeness (QED) is 0.864. The molecule has 0 aliphatic carbocycles. The van der Waals surface area contributed by atoms with E-state index in [-0.39, 0.29) is 18.3 Å². The standard InChI is InChI=1S/C14H21BClNO2/c1-13(2)14(3,4)19-15(18-13)11-5-6-12(16)10(9-11)7-8-17/h5-6,9H,7-8,17H2,1-4H3. The third kappa shape index (κ3) is 2.82. The van der Waals surface area contributed by atoms with Gasteiger partial charge < -0.3 is 15.0 Å². The second kappa shape index (κ2) is 5.10. The molecule has 104 valence electrons. The summed E-state index contributed by atoms with van der Waals surface area (Å²) in [6.45, 7) is 8.76. The van der Waals surface area contributed by atoms with Crippen LogP contribution < -0.4 is 11.2 Å². The first-order valence-corrected chi connectivity index (χ1v) is 6.99. The SMILES string of the molecule is CC1(C)OB(c2ccc(Cl)c(CCN)c2)OC1(C)C. The lowest BCUT2D eigenvalue weighted by Crippen LogP contribution is -2.41. The number of hydrogen-bond donors (Lipinski definition) is 1. The Kier molecular flexibility index (Phi) is 3.98. The number of nitrogens with two attached hydrogens (primary N) is 1. The molecule has 1 fully saturated rings. The monoisotopic (exact) mass is 281 g/mol. The van der Waals surface area contributed by atoms with Crippen molar-refractivity contribution in [1.29, 1.82) is 0 Å². The molecule has 0 atom stereocenters. The van der Waals surface area contributed by atoms with Crippen LogP contribution in [0.4, 0.5) is 0 Å². The zero-order chi connectivity index (χ0) is 14.3. The van der Waals surface area contributed by atoms with Gasteiger partial charge in [-0.25, -0.2) is 0 Å². The Morgan fingerprint density at radius 2 is 1.74 bits per heavy atom. The van der Waals surface area contributed by atoms with Gasteiger partial charge in [0.1, 0.15) is 0 Å². The zero-order valence-electron chi connectivity index (χ0n) is 12.0. The molecule has 2 rings (SSSR count). The van der Waals surface area contributed by atoms with E-state index >= 15 is 0 Å². The van der Waals surface area contributed by atoms with Gasteiger partial charge in [0.15, 0.2) is 0 Å². The highest BCUT2D eigenvalue weighted by Gasteiger charge is 2.51. The molecule has 1 aliphatic rings. The van der Waals surface area contributed by atoms with Crippen LogP contribution in [0.5, 0.6) is 0 Å². The maximum absolute atomic E-state index is 6.16. The topological polar surface area (TPSA) is 44.5 Å². The predicted molar refractivity (Wildman–Crippen MR) is 79.9 cm³/mol. The Balaban J connectivity index is 2.27. The predicted octanol–water partition coefficient (Wildman–Crippen LogP) is 2.14. The summed E-state index contributed by atoms with van der Waals surface area (Å²) < 4.78 is 12.1. The van der Waals surface area contributed by atoms with Gasteiger partial charge in [0.2, 0.25) is 0 Å². The van der Waals surface area contributed by atoms with E-state index in [1.165, 1.54) is 0 Å². The van der Waals surface area contributed by atoms with Crippen LogP contribution in [0.2, 0.25) is 5.02 Å². The van der Waals surface area contributed by atoms with E-state index in [2.05, 4.69) is 0 Å². The van der Waals surface area contributed by atoms with Crippen LogP contribution in [0.25, 0.3) is 0 Å². The van der Waals surface area contributed by atoms with Crippen molar-refractivity contribution in [2.24, 2.45) is 5.73 Å². The lowest BCUT2D eigenvalue weighted by Gasteiger charge is -2.32. The summed E-state index contributed by atoms with van der Waals surface area (Å²) in [5, 5.41) is 0.741. The van der Waals surface area contributed by atoms with Crippen LogP contribution in [-0.2, 0) is 15.7 Å². The first-order chi connectivity index (χ1) is 8.77. The van der Waals surface area contributed by atoms with Crippen LogP contribution in [-0.4, -0.2) is 24.9 Å². The molecule has 1 heterocycles. The normalized spacial score (nSPS) is 20.8. The molecular weight excluding hydrogens is 260 g/mol. The molecule has 2 N–H and O–H groups in total. The van der Waals surface area contributed by atoms with Gasteiger partial charge in [-0.2, -0.15) is 0 Å². The van der Waals surface area contributed by atoms with Crippen molar-refractivity contribution < 1.29 is 9.31 Å². The van der Waals surface area contributed by atoms with E-state index in [9.17, 15) is 0 Å². The van der Waals surface area contributed by atoms with Crippen molar-refractivity contribution in [3.8, 4) is 0 Å². The summed E-state index contributed by atoms with van der Waals surface area (Å²) in [7, 11) is -0.348. The first-order valence-electron chi connectivity index (χ1n) is 6.61. The zero-order valence-corrected chi connectivity index (χ0v) is 12.8. The van der Waals surface area contributed by atoms with Gasteiger partial charge in [0, 0.05) is 5.02 Å². The second-order valence-corrected chi connectivity index (χ2v) is 6.38. The van der Waals surface area contributed by atoms with E-state index < -0.39 is 0 Å². The highest BCUT2D eigenvalue weighted by Crippen LogP contribution is 2.36. The summed E-state index contributed by atoms with van der Waals surface area (Å²) >= 11 is 6.16. The maximum atomic E-state index is 6.16. The van der Waals surface area contributed by atoms with Crippen LogP contribution in [0.1, 0.15) is 33.3 Å². The number of hydrogen-bond acceptors (Lipinski definition) is 3. The van der Waals surface area contributed by atoms with Gasteiger partial charge >= 0.3 is 7.12 Å². The van der Waals surface area contributed by atoms with Crippen LogP contribution in [0.3, 0.4) is 0 Å². The molecular formula is C14H21BClNO2. The highest BCUT2D eigenvalue weighted by molar-refractivity contribution is 6.62. The Hall–Kier alpha value is -0.545. The van der Waals surface area contributed by atoms with Gasteiger partial charge in [-0.3, -0.25) is 0 Å². The van der Waals surface area contributed by atoms with Gasteiger partial charge in [0.25, 0.3) is 0 Å². The Bertz CT molecular complexity index is 461. The molecule has 0 unspecified atom stereocenters. The summed E-state index contributed by atoms with van der Waals surface area (Å²) in [6.07, 6.45) is 0.756. The average Bonchev–Trinajstić information content (AvgIpc) is 2.51. The van der Waals surface area contributed by atoms with Crippen molar-refractivity contribution in [3.05, 3.63) is 28.8 Å². The fraction of sp³-hybridized carbons (Fsp3) is 0.571. The minimum atomic E-state index is -0.348. The fourth-order valence-electron chi connectivity index (χ4n) is 2.07. The Morgan fingerprint density at radius 3 is 2.26 bits per heavy atom. The van der Waals surface area contributed by atoms with Crippen LogP contribution >= 0.6 is 11.6 Å². The smallest absolute Gasteiger partial charge is 0.399 e. The summed E-state index contributed by atoms with van der Waals surface area (Å²) in [5.74, 6) is 0. The number of halogens is 1. The van der Waals surface area contributed by atoms with E-state index in [0.717, 1.165) is 22.5 Å². The Labute approximate surface area is 120 Å².